The molecule has 0 spiro atoms. The summed E-state index contributed by atoms with van der Waals surface area (Å²) in [4.78, 5) is 37.5. The van der Waals surface area contributed by atoms with E-state index in [9.17, 15) is 14.4 Å². The highest BCUT2D eigenvalue weighted by atomic mass is 16.5. The number of benzene rings is 2. The topological polar surface area (TPSA) is 78.3 Å². The van der Waals surface area contributed by atoms with Crippen molar-refractivity contribution in [2.75, 3.05) is 6.61 Å². The first-order valence-corrected chi connectivity index (χ1v) is 9.01. The van der Waals surface area contributed by atoms with Crippen molar-refractivity contribution >= 4 is 22.5 Å². The first-order valence-electron chi connectivity index (χ1n) is 9.01. The van der Waals surface area contributed by atoms with Crippen LogP contribution in [0, 0.1) is 5.41 Å². The molecule has 0 atom stereocenters. The third-order valence-electron chi connectivity index (χ3n) is 4.41. The van der Waals surface area contributed by atoms with Crippen molar-refractivity contribution in [2.24, 2.45) is 5.41 Å². The van der Waals surface area contributed by atoms with E-state index >= 15 is 0 Å². The van der Waals surface area contributed by atoms with Crippen molar-refractivity contribution in [3.8, 4) is 0 Å². The Hall–Kier alpha value is -3.28. The molecule has 0 bridgehead atoms. The zero-order valence-corrected chi connectivity index (χ0v) is 16.1. The van der Waals surface area contributed by atoms with Gasteiger partial charge in [-0.15, -0.1) is 0 Å². The quantitative estimate of drug-likeness (QED) is 0.637. The molecule has 1 aromatic heterocycles. The number of nitrogens with zero attached hydrogens (tertiary/aromatic N) is 2. The van der Waals surface area contributed by atoms with Crippen LogP contribution in [0.3, 0.4) is 0 Å². The third-order valence-corrected chi connectivity index (χ3v) is 4.41. The highest BCUT2D eigenvalue weighted by Gasteiger charge is 2.24. The molecule has 6 nitrogen and oxygen atoms in total. The average Bonchev–Trinajstić information content (AvgIpc) is 2.68. The Labute approximate surface area is 162 Å². The van der Waals surface area contributed by atoms with Gasteiger partial charge in [-0.1, -0.05) is 69.3 Å². The van der Waals surface area contributed by atoms with Crippen molar-refractivity contribution < 1.29 is 14.3 Å². The van der Waals surface area contributed by atoms with Crippen LogP contribution in [-0.4, -0.2) is 28.1 Å². The van der Waals surface area contributed by atoms with Crippen molar-refractivity contribution in [3.63, 3.8) is 0 Å². The van der Waals surface area contributed by atoms with Gasteiger partial charge in [0.2, 0.25) is 0 Å². The molecule has 6 heteroatoms. The highest BCUT2D eigenvalue weighted by molar-refractivity contribution is 6.02. The van der Waals surface area contributed by atoms with E-state index in [2.05, 4.69) is 5.10 Å². The first kappa shape index (κ1) is 19.5. The Balaban J connectivity index is 1.99. The number of hydrogen-bond donors (Lipinski definition) is 0. The number of carbonyl (C=O) groups excluding carboxylic acids is 2. The second-order valence-electron chi connectivity index (χ2n) is 7.59. The number of aromatic nitrogens is 2. The molecule has 0 saturated heterocycles. The average molecular weight is 378 g/mol. The molecule has 0 aliphatic heterocycles. The summed E-state index contributed by atoms with van der Waals surface area (Å²) in [6.07, 6.45) is 0. The van der Waals surface area contributed by atoms with Gasteiger partial charge in [-0.25, -0.2) is 9.48 Å². The minimum atomic E-state index is -0.726. The van der Waals surface area contributed by atoms with E-state index in [1.54, 1.807) is 45.0 Å². The van der Waals surface area contributed by atoms with Gasteiger partial charge in [-0.05, 0) is 11.6 Å². The Kier molecular flexibility index (Phi) is 5.40. The molecule has 2 aromatic carbocycles. The van der Waals surface area contributed by atoms with Crippen LogP contribution in [0.25, 0.3) is 10.8 Å². The van der Waals surface area contributed by atoms with Crippen LogP contribution >= 0.6 is 0 Å². The van der Waals surface area contributed by atoms with Gasteiger partial charge in [0, 0.05) is 10.8 Å². The molecule has 1 heterocycles. The molecule has 0 aliphatic carbocycles. The number of fused-ring (bicyclic) bond motifs is 1. The number of carbonyl (C=O) groups is 2. The molecule has 144 valence electrons. The first-order chi connectivity index (χ1) is 13.3. The van der Waals surface area contributed by atoms with Gasteiger partial charge >= 0.3 is 5.97 Å². The van der Waals surface area contributed by atoms with E-state index in [1.165, 1.54) is 4.68 Å². The number of ketones is 1. The van der Waals surface area contributed by atoms with Gasteiger partial charge in [0.1, 0.15) is 0 Å². The van der Waals surface area contributed by atoms with Crippen LogP contribution in [0.5, 0.6) is 0 Å². The lowest BCUT2D eigenvalue weighted by molar-refractivity contribution is -0.129. The molecule has 3 aromatic rings. The molecule has 3 rings (SSSR count). The summed E-state index contributed by atoms with van der Waals surface area (Å²) in [5, 5.41) is 5.04. The van der Waals surface area contributed by atoms with Gasteiger partial charge in [-0.2, -0.15) is 5.10 Å². The van der Waals surface area contributed by atoms with Crippen LogP contribution in [0.4, 0.5) is 0 Å². The Bertz CT molecular complexity index is 1080. The van der Waals surface area contributed by atoms with Crippen molar-refractivity contribution in [3.05, 3.63) is 76.2 Å². The van der Waals surface area contributed by atoms with Crippen molar-refractivity contribution in [1.29, 1.82) is 0 Å². The predicted octanol–water partition coefficient (Wildman–Crippen LogP) is 3.22. The van der Waals surface area contributed by atoms with Crippen LogP contribution in [0.1, 0.15) is 36.8 Å². The molecular weight excluding hydrogens is 356 g/mol. The minimum Gasteiger partial charge on any atom is -0.453 e. The molecule has 0 saturated carbocycles. The molecule has 0 unspecified atom stereocenters. The summed E-state index contributed by atoms with van der Waals surface area (Å²) in [7, 11) is 0. The van der Waals surface area contributed by atoms with Crippen LogP contribution in [0.2, 0.25) is 0 Å². The number of ether oxygens (including phenoxy) is 1. The minimum absolute atomic E-state index is 0.0211. The monoisotopic (exact) mass is 378 g/mol. The van der Waals surface area contributed by atoms with E-state index in [-0.39, 0.29) is 30.2 Å². The van der Waals surface area contributed by atoms with Gasteiger partial charge < -0.3 is 4.74 Å². The molecular formula is C22H22N2O4. The summed E-state index contributed by atoms with van der Waals surface area (Å²) >= 11 is 0. The molecule has 0 fully saturated rings. The van der Waals surface area contributed by atoms with Crippen LogP contribution in [-0.2, 0) is 16.1 Å². The van der Waals surface area contributed by atoms with Crippen molar-refractivity contribution in [1.82, 2.24) is 9.78 Å². The number of hydrogen-bond acceptors (Lipinski definition) is 5. The third kappa shape index (κ3) is 4.17. The summed E-state index contributed by atoms with van der Waals surface area (Å²) in [5.41, 5.74) is 0.00576. The summed E-state index contributed by atoms with van der Waals surface area (Å²) in [6, 6.07) is 16.1. The SMILES string of the molecule is CC(C)(C)C(=O)COC(=O)c1nn(Cc2ccccc2)c(=O)c2ccccc12. The number of esters is 1. The van der Waals surface area contributed by atoms with Gasteiger partial charge in [0.25, 0.3) is 5.56 Å². The van der Waals surface area contributed by atoms with Crippen molar-refractivity contribution in [2.45, 2.75) is 27.3 Å². The fourth-order valence-corrected chi connectivity index (χ4v) is 2.67. The molecule has 0 aliphatic rings. The lowest BCUT2D eigenvalue weighted by Crippen LogP contribution is -2.29. The lowest BCUT2D eigenvalue weighted by Gasteiger charge is -2.16. The molecule has 28 heavy (non-hydrogen) atoms. The second-order valence-corrected chi connectivity index (χ2v) is 7.59. The lowest BCUT2D eigenvalue weighted by atomic mass is 9.91. The zero-order valence-electron chi connectivity index (χ0n) is 16.1. The molecule has 0 amide bonds. The van der Waals surface area contributed by atoms with Gasteiger partial charge in [0.15, 0.2) is 18.1 Å². The summed E-state index contributed by atoms with van der Waals surface area (Å²) in [5.74, 6) is -0.918. The van der Waals surface area contributed by atoms with Crippen LogP contribution < -0.4 is 5.56 Å². The predicted molar refractivity (Wildman–Crippen MR) is 106 cm³/mol. The normalized spacial score (nSPS) is 11.4. The summed E-state index contributed by atoms with van der Waals surface area (Å²) < 4.78 is 6.45. The molecule has 0 N–H and O–H groups in total. The van der Waals surface area contributed by atoms with E-state index in [1.807, 2.05) is 30.3 Å². The van der Waals surface area contributed by atoms with Gasteiger partial charge in [-0.3, -0.25) is 9.59 Å². The fraction of sp³-hybridized carbons (Fsp3) is 0.273. The Morgan fingerprint density at radius 2 is 1.57 bits per heavy atom. The smallest absolute Gasteiger partial charge is 0.359 e. The molecule has 0 radical (unpaired) electrons. The maximum atomic E-state index is 12.8. The van der Waals surface area contributed by atoms with E-state index in [0.29, 0.717) is 10.8 Å². The van der Waals surface area contributed by atoms with E-state index < -0.39 is 11.4 Å². The van der Waals surface area contributed by atoms with Crippen LogP contribution in [0.15, 0.2) is 59.4 Å². The summed E-state index contributed by atoms with van der Waals surface area (Å²) in [6.45, 7) is 5.17. The second kappa shape index (κ2) is 7.76. The largest absolute Gasteiger partial charge is 0.453 e. The van der Waals surface area contributed by atoms with E-state index in [4.69, 9.17) is 4.74 Å². The van der Waals surface area contributed by atoms with Gasteiger partial charge in [0.05, 0.1) is 11.9 Å². The highest BCUT2D eigenvalue weighted by Crippen LogP contribution is 2.17. The number of Topliss-reactive ketones (excluding diaryl/α,β-unsaturated/α-hetero) is 1. The maximum Gasteiger partial charge on any atom is 0.359 e. The standard InChI is InChI=1S/C22H22N2O4/c1-22(2,3)18(25)14-28-21(27)19-16-11-7-8-12-17(16)20(26)24(23-19)13-15-9-5-4-6-10-15/h4-12H,13-14H2,1-3H3. The fourth-order valence-electron chi connectivity index (χ4n) is 2.67. The van der Waals surface area contributed by atoms with E-state index in [0.717, 1.165) is 5.56 Å². The Morgan fingerprint density at radius 1 is 0.964 bits per heavy atom. The maximum absolute atomic E-state index is 12.8. The Morgan fingerprint density at radius 3 is 2.21 bits per heavy atom. The zero-order chi connectivity index (χ0) is 20.3. The number of rotatable bonds is 5.